The Bertz CT molecular complexity index is 735. The Kier molecular flexibility index (Phi) is 3.79. The Hall–Kier alpha value is -2.46. The van der Waals surface area contributed by atoms with Gasteiger partial charge in [-0.1, -0.05) is 24.3 Å². The quantitative estimate of drug-likeness (QED) is 0.794. The van der Waals surface area contributed by atoms with Crippen molar-refractivity contribution < 1.29 is 4.39 Å². The number of para-hydroxylation sites is 1. The monoisotopic (exact) mass is 281 g/mol. The molecule has 1 N–H and O–H groups in total. The van der Waals surface area contributed by atoms with E-state index in [1.54, 1.807) is 16.9 Å². The average Bonchev–Trinajstić information content (AvgIpc) is 3.00. The van der Waals surface area contributed by atoms with Gasteiger partial charge in [0.05, 0.1) is 11.9 Å². The first-order chi connectivity index (χ1) is 10.3. The third-order valence-electron chi connectivity index (χ3n) is 3.33. The summed E-state index contributed by atoms with van der Waals surface area (Å²) in [4.78, 5) is 0. The summed E-state index contributed by atoms with van der Waals surface area (Å²) >= 11 is 0. The molecule has 0 amide bonds. The van der Waals surface area contributed by atoms with E-state index in [1.807, 2.05) is 49.6 Å². The topological polar surface area (TPSA) is 29.9 Å². The Morgan fingerprint density at radius 1 is 1.14 bits per heavy atom. The van der Waals surface area contributed by atoms with Gasteiger partial charge in [-0.15, -0.1) is 0 Å². The van der Waals surface area contributed by atoms with E-state index in [2.05, 4.69) is 10.4 Å². The van der Waals surface area contributed by atoms with Gasteiger partial charge in [-0.25, -0.2) is 9.07 Å². The van der Waals surface area contributed by atoms with Crippen LogP contribution in [0, 0.1) is 5.82 Å². The van der Waals surface area contributed by atoms with E-state index in [0.717, 1.165) is 16.8 Å². The summed E-state index contributed by atoms with van der Waals surface area (Å²) in [7, 11) is 1.87. The van der Waals surface area contributed by atoms with Crippen molar-refractivity contribution in [3.8, 4) is 16.8 Å². The molecular formula is C17H16FN3. The molecule has 0 saturated heterocycles. The SMILES string of the molecule is CNCc1ccc(F)c(-c2cnn(-c3ccccc3)c2)c1. The van der Waals surface area contributed by atoms with E-state index in [9.17, 15) is 4.39 Å². The molecule has 0 saturated carbocycles. The summed E-state index contributed by atoms with van der Waals surface area (Å²) < 4.78 is 15.8. The molecule has 0 bridgehead atoms. The highest BCUT2D eigenvalue weighted by atomic mass is 19.1. The largest absolute Gasteiger partial charge is 0.316 e. The van der Waals surface area contributed by atoms with E-state index >= 15 is 0 Å². The molecule has 3 rings (SSSR count). The summed E-state index contributed by atoms with van der Waals surface area (Å²) in [6, 6.07) is 14.9. The van der Waals surface area contributed by atoms with Crippen molar-refractivity contribution in [1.82, 2.24) is 15.1 Å². The minimum absolute atomic E-state index is 0.234. The van der Waals surface area contributed by atoms with Gasteiger partial charge < -0.3 is 5.32 Å². The zero-order valence-corrected chi connectivity index (χ0v) is 11.8. The van der Waals surface area contributed by atoms with Crippen molar-refractivity contribution in [3.05, 3.63) is 72.3 Å². The van der Waals surface area contributed by atoms with Crippen LogP contribution in [-0.2, 0) is 6.54 Å². The molecule has 0 aliphatic rings. The smallest absolute Gasteiger partial charge is 0.131 e. The number of hydrogen-bond donors (Lipinski definition) is 1. The normalized spacial score (nSPS) is 10.8. The van der Waals surface area contributed by atoms with E-state index in [-0.39, 0.29) is 5.82 Å². The lowest BCUT2D eigenvalue weighted by Crippen LogP contribution is -2.05. The molecule has 0 fully saturated rings. The number of benzene rings is 2. The summed E-state index contributed by atoms with van der Waals surface area (Å²) in [5.74, 6) is -0.234. The molecule has 0 spiro atoms. The Labute approximate surface area is 123 Å². The fourth-order valence-electron chi connectivity index (χ4n) is 2.29. The van der Waals surface area contributed by atoms with Crippen LogP contribution in [0.25, 0.3) is 16.8 Å². The molecular weight excluding hydrogens is 265 g/mol. The second-order valence-corrected chi connectivity index (χ2v) is 4.85. The minimum atomic E-state index is -0.234. The molecule has 0 unspecified atom stereocenters. The Morgan fingerprint density at radius 2 is 1.95 bits per heavy atom. The van der Waals surface area contributed by atoms with Crippen LogP contribution in [0.1, 0.15) is 5.56 Å². The lowest BCUT2D eigenvalue weighted by molar-refractivity contribution is 0.630. The third kappa shape index (κ3) is 2.85. The average molecular weight is 281 g/mol. The minimum Gasteiger partial charge on any atom is -0.316 e. The fourth-order valence-corrected chi connectivity index (χ4v) is 2.29. The van der Waals surface area contributed by atoms with Gasteiger partial charge in [-0.3, -0.25) is 0 Å². The first-order valence-corrected chi connectivity index (χ1v) is 6.81. The number of nitrogens with one attached hydrogen (secondary N) is 1. The highest BCUT2D eigenvalue weighted by Gasteiger charge is 2.09. The van der Waals surface area contributed by atoms with Crippen LogP contribution in [0.15, 0.2) is 60.9 Å². The third-order valence-corrected chi connectivity index (χ3v) is 3.33. The van der Waals surface area contributed by atoms with Crippen LogP contribution < -0.4 is 5.32 Å². The summed E-state index contributed by atoms with van der Waals surface area (Å²) in [6.07, 6.45) is 3.53. The molecule has 1 aromatic heterocycles. The highest BCUT2D eigenvalue weighted by molar-refractivity contribution is 5.64. The number of rotatable bonds is 4. The first kappa shape index (κ1) is 13.5. The van der Waals surface area contributed by atoms with E-state index in [1.165, 1.54) is 6.07 Å². The maximum absolute atomic E-state index is 14.0. The molecule has 21 heavy (non-hydrogen) atoms. The van der Waals surface area contributed by atoms with Crippen LogP contribution in [0.4, 0.5) is 4.39 Å². The summed E-state index contributed by atoms with van der Waals surface area (Å²) in [5.41, 5.74) is 3.34. The molecule has 106 valence electrons. The van der Waals surface area contributed by atoms with Gasteiger partial charge in [-0.05, 0) is 36.9 Å². The van der Waals surface area contributed by atoms with Gasteiger partial charge in [0.15, 0.2) is 0 Å². The molecule has 0 aliphatic carbocycles. The van der Waals surface area contributed by atoms with Crippen molar-refractivity contribution in [2.75, 3.05) is 7.05 Å². The fraction of sp³-hybridized carbons (Fsp3) is 0.118. The van der Waals surface area contributed by atoms with Crippen molar-refractivity contribution in [2.45, 2.75) is 6.54 Å². The van der Waals surface area contributed by atoms with Gasteiger partial charge in [0.2, 0.25) is 0 Å². The second kappa shape index (κ2) is 5.89. The van der Waals surface area contributed by atoms with E-state index in [0.29, 0.717) is 12.1 Å². The number of hydrogen-bond acceptors (Lipinski definition) is 2. The molecule has 0 atom stereocenters. The van der Waals surface area contributed by atoms with E-state index < -0.39 is 0 Å². The van der Waals surface area contributed by atoms with Gasteiger partial charge in [0.25, 0.3) is 0 Å². The van der Waals surface area contributed by atoms with Crippen molar-refractivity contribution in [2.24, 2.45) is 0 Å². The molecule has 1 heterocycles. The molecule has 3 nitrogen and oxygen atoms in total. The predicted octanol–water partition coefficient (Wildman–Crippen LogP) is 3.40. The lowest BCUT2D eigenvalue weighted by atomic mass is 10.1. The Morgan fingerprint density at radius 3 is 2.71 bits per heavy atom. The Balaban J connectivity index is 1.98. The van der Waals surface area contributed by atoms with E-state index in [4.69, 9.17) is 0 Å². The second-order valence-electron chi connectivity index (χ2n) is 4.85. The molecule has 3 aromatic rings. The molecule has 0 aliphatic heterocycles. The molecule has 4 heteroatoms. The zero-order valence-electron chi connectivity index (χ0n) is 11.8. The highest BCUT2D eigenvalue weighted by Crippen LogP contribution is 2.24. The molecule has 2 aromatic carbocycles. The number of aromatic nitrogens is 2. The van der Waals surface area contributed by atoms with Gasteiger partial charge in [-0.2, -0.15) is 5.10 Å². The van der Waals surface area contributed by atoms with Crippen LogP contribution >= 0.6 is 0 Å². The van der Waals surface area contributed by atoms with Gasteiger partial charge >= 0.3 is 0 Å². The maximum atomic E-state index is 14.0. The van der Waals surface area contributed by atoms with Crippen LogP contribution in [-0.4, -0.2) is 16.8 Å². The number of halogens is 1. The maximum Gasteiger partial charge on any atom is 0.131 e. The van der Waals surface area contributed by atoms with Crippen LogP contribution in [0.2, 0.25) is 0 Å². The summed E-state index contributed by atoms with van der Waals surface area (Å²) in [6.45, 7) is 0.708. The summed E-state index contributed by atoms with van der Waals surface area (Å²) in [5, 5.41) is 7.38. The van der Waals surface area contributed by atoms with Crippen molar-refractivity contribution >= 4 is 0 Å². The van der Waals surface area contributed by atoms with Crippen molar-refractivity contribution in [1.29, 1.82) is 0 Å². The van der Waals surface area contributed by atoms with Crippen LogP contribution in [0.3, 0.4) is 0 Å². The lowest BCUT2D eigenvalue weighted by Gasteiger charge is -2.05. The van der Waals surface area contributed by atoms with Crippen LogP contribution in [0.5, 0.6) is 0 Å². The van der Waals surface area contributed by atoms with Crippen molar-refractivity contribution in [3.63, 3.8) is 0 Å². The predicted molar refractivity (Wildman–Crippen MR) is 81.7 cm³/mol. The number of nitrogens with zero attached hydrogens (tertiary/aromatic N) is 2. The first-order valence-electron chi connectivity index (χ1n) is 6.81. The zero-order chi connectivity index (χ0) is 14.7. The van der Waals surface area contributed by atoms with Gasteiger partial charge in [0, 0.05) is 23.9 Å². The standard InChI is InChI=1S/C17H16FN3/c1-19-10-13-7-8-17(18)16(9-13)14-11-20-21(12-14)15-5-3-2-4-6-15/h2-9,11-12,19H,10H2,1H3. The molecule has 0 radical (unpaired) electrons. The van der Waals surface area contributed by atoms with Gasteiger partial charge in [0.1, 0.15) is 5.82 Å².